The zero-order chi connectivity index (χ0) is 12.0. The summed E-state index contributed by atoms with van der Waals surface area (Å²) in [5, 5.41) is 4.69. The number of benzene rings is 2. The minimum atomic E-state index is -1.25. The van der Waals surface area contributed by atoms with E-state index in [9.17, 15) is 0 Å². The first-order valence-corrected chi connectivity index (χ1v) is 10.6. The van der Waals surface area contributed by atoms with Gasteiger partial charge in [-0.25, -0.2) is 0 Å². The lowest BCUT2D eigenvalue weighted by atomic mass is 10.1. The first-order valence-electron chi connectivity index (χ1n) is 6.07. The van der Waals surface area contributed by atoms with E-state index in [-0.39, 0.29) is 0 Å². The van der Waals surface area contributed by atoms with E-state index in [2.05, 4.69) is 62.1 Å². The van der Waals surface area contributed by atoms with Gasteiger partial charge in [-0.05, 0) is 11.1 Å². The van der Waals surface area contributed by atoms with Crippen molar-refractivity contribution < 1.29 is 0 Å². The molecule has 0 amide bonds. The van der Waals surface area contributed by atoms with E-state index >= 15 is 0 Å². The third kappa shape index (κ3) is 1.72. The average molecular weight is 252 g/mol. The van der Waals surface area contributed by atoms with E-state index in [4.69, 9.17) is 0 Å². The van der Waals surface area contributed by atoms with Crippen LogP contribution in [0.15, 0.2) is 42.5 Å². The summed E-state index contributed by atoms with van der Waals surface area (Å²) < 4.78 is 0. The lowest BCUT2D eigenvalue weighted by molar-refractivity contribution is 1.68. The van der Waals surface area contributed by atoms with Crippen molar-refractivity contribution in [2.75, 3.05) is 0 Å². The van der Waals surface area contributed by atoms with Crippen LogP contribution in [0.25, 0.3) is 11.1 Å². The van der Waals surface area contributed by atoms with E-state index in [1.807, 2.05) is 0 Å². The molecule has 0 nitrogen and oxygen atoms in total. The van der Waals surface area contributed by atoms with Crippen molar-refractivity contribution in [3.63, 3.8) is 0 Å². The van der Waals surface area contributed by atoms with Crippen LogP contribution >= 0.6 is 0 Å². The summed E-state index contributed by atoms with van der Waals surface area (Å²) in [6, 6.07) is 15.8. The third-order valence-electron chi connectivity index (χ3n) is 3.34. The van der Waals surface area contributed by atoms with Gasteiger partial charge >= 0.3 is 0 Å². The van der Waals surface area contributed by atoms with Gasteiger partial charge in [-0.15, -0.1) is 0 Å². The molecule has 0 aromatic heterocycles. The van der Waals surface area contributed by atoms with Crippen molar-refractivity contribution in [3.05, 3.63) is 42.5 Å². The van der Waals surface area contributed by atoms with Crippen molar-refractivity contribution >= 4 is 33.2 Å². The maximum atomic E-state index is 2.44. The van der Waals surface area contributed by atoms with Crippen LogP contribution in [0.3, 0.4) is 0 Å². The Labute approximate surface area is 107 Å². The van der Waals surface area contributed by atoms with Gasteiger partial charge in [-0.3, -0.25) is 0 Å². The standard InChI is InChI=1S/C15H16Si2/c1-17(2,3)14-10-6-9-13-15(14)11-7-4-5-8-12(11)16-13/h4-10H,1-3H3. The minimum Gasteiger partial charge on any atom is -0.0656 e. The van der Waals surface area contributed by atoms with E-state index in [0.29, 0.717) is 0 Å². The van der Waals surface area contributed by atoms with Crippen molar-refractivity contribution in [1.82, 2.24) is 0 Å². The fourth-order valence-corrected chi connectivity index (χ4v) is 5.65. The number of fused-ring (bicyclic) bond motifs is 3. The summed E-state index contributed by atoms with van der Waals surface area (Å²) in [7, 11) is -0.406. The second-order valence-electron chi connectivity index (χ2n) is 5.65. The highest BCUT2D eigenvalue weighted by Crippen LogP contribution is 2.20. The van der Waals surface area contributed by atoms with Crippen LogP contribution in [0.4, 0.5) is 0 Å². The Hall–Kier alpha value is -1.13. The Morgan fingerprint density at radius 1 is 0.824 bits per heavy atom. The molecule has 1 aliphatic heterocycles. The molecule has 0 unspecified atom stereocenters. The second kappa shape index (κ2) is 3.68. The molecule has 0 saturated carbocycles. The highest BCUT2D eigenvalue weighted by molar-refractivity contribution is 6.91. The topological polar surface area (TPSA) is 0 Å². The lowest BCUT2D eigenvalue weighted by Gasteiger charge is -2.21. The normalized spacial score (nSPS) is 13.4. The number of hydrogen-bond acceptors (Lipinski definition) is 0. The number of hydrogen-bond donors (Lipinski definition) is 0. The van der Waals surface area contributed by atoms with Gasteiger partial charge in [0.25, 0.3) is 0 Å². The van der Waals surface area contributed by atoms with Gasteiger partial charge in [0, 0.05) is 0 Å². The Balaban J connectivity index is 2.30. The summed E-state index contributed by atoms with van der Waals surface area (Å²) in [4.78, 5) is 0. The van der Waals surface area contributed by atoms with Crippen molar-refractivity contribution in [3.8, 4) is 11.1 Å². The first kappa shape index (κ1) is 11.0. The molecule has 0 aliphatic carbocycles. The zero-order valence-corrected chi connectivity index (χ0v) is 12.5. The van der Waals surface area contributed by atoms with E-state index in [1.165, 1.54) is 10.8 Å². The monoisotopic (exact) mass is 252 g/mol. The lowest BCUT2D eigenvalue weighted by Crippen LogP contribution is -2.41. The van der Waals surface area contributed by atoms with E-state index in [1.54, 1.807) is 15.9 Å². The van der Waals surface area contributed by atoms with Gasteiger partial charge in [0.15, 0.2) is 0 Å². The summed E-state index contributed by atoms with van der Waals surface area (Å²) >= 11 is 0. The molecular formula is C15H16Si2. The Bertz CT molecular complexity index is 580. The SMILES string of the molecule is C[Si](C)(C)c1cccc2c1-c1ccccc1[Si]2. The minimum absolute atomic E-state index is 0.848. The fraction of sp³-hybridized carbons (Fsp3) is 0.200. The van der Waals surface area contributed by atoms with Crippen molar-refractivity contribution in [2.24, 2.45) is 0 Å². The van der Waals surface area contributed by atoms with Crippen LogP contribution in [0.2, 0.25) is 19.6 Å². The molecule has 0 fully saturated rings. The van der Waals surface area contributed by atoms with Gasteiger partial charge < -0.3 is 0 Å². The van der Waals surface area contributed by atoms with Crippen LogP contribution in [0, 0.1) is 0 Å². The predicted octanol–water partition coefficient (Wildman–Crippen LogP) is 1.87. The molecule has 17 heavy (non-hydrogen) atoms. The highest BCUT2D eigenvalue weighted by atomic mass is 28.3. The Kier molecular flexibility index (Phi) is 2.38. The Morgan fingerprint density at radius 2 is 1.53 bits per heavy atom. The molecule has 2 heteroatoms. The smallest absolute Gasteiger partial charge is 0.0656 e. The predicted molar refractivity (Wildman–Crippen MR) is 79.9 cm³/mol. The molecule has 0 spiro atoms. The van der Waals surface area contributed by atoms with E-state index in [0.717, 1.165) is 9.52 Å². The molecule has 0 N–H and O–H groups in total. The van der Waals surface area contributed by atoms with Crippen LogP contribution in [0.5, 0.6) is 0 Å². The van der Waals surface area contributed by atoms with Crippen molar-refractivity contribution in [1.29, 1.82) is 0 Å². The molecule has 2 radical (unpaired) electrons. The zero-order valence-electron chi connectivity index (χ0n) is 10.5. The van der Waals surface area contributed by atoms with Gasteiger partial charge in [0.1, 0.15) is 9.52 Å². The second-order valence-corrected chi connectivity index (χ2v) is 12.0. The molecule has 0 saturated heterocycles. The summed E-state index contributed by atoms with van der Waals surface area (Å²) in [5.74, 6) is 0. The maximum absolute atomic E-state index is 2.44. The quantitative estimate of drug-likeness (QED) is 0.580. The van der Waals surface area contributed by atoms with Gasteiger partial charge in [0.05, 0.1) is 8.07 Å². The highest BCUT2D eigenvalue weighted by Gasteiger charge is 2.27. The molecule has 0 bridgehead atoms. The summed E-state index contributed by atoms with van der Waals surface area (Å²) in [6.07, 6.45) is 0. The molecule has 0 atom stereocenters. The van der Waals surface area contributed by atoms with Crippen molar-refractivity contribution in [2.45, 2.75) is 19.6 Å². The van der Waals surface area contributed by atoms with Crippen LogP contribution < -0.4 is 15.6 Å². The Morgan fingerprint density at radius 3 is 2.29 bits per heavy atom. The third-order valence-corrected chi connectivity index (χ3v) is 6.76. The maximum Gasteiger partial charge on any atom is 0.123 e. The number of rotatable bonds is 1. The molecule has 2 aromatic rings. The van der Waals surface area contributed by atoms with Crippen LogP contribution in [-0.4, -0.2) is 17.6 Å². The van der Waals surface area contributed by atoms with Gasteiger partial charge in [-0.1, -0.05) is 77.7 Å². The van der Waals surface area contributed by atoms with Gasteiger partial charge in [-0.2, -0.15) is 0 Å². The largest absolute Gasteiger partial charge is 0.123 e. The molecule has 1 aliphatic rings. The fourth-order valence-electron chi connectivity index (χ4n) is 2.53. The molecule has 2 aromatic carbocycles. The molecule has 3 rings (SSSR count). The first-order chi connectivity index (χ1) is 8.07. The summed E-state index contributed by atoms with van der Waals surface area (Å²) in [6.45, 7) is 7.31. The van der Waals surface area contributed by atoms with Crippen LogP contribution in [-0.2, 0) is 0 Å². The molecule has 84 valence electrons. The van der Waals surface area contributed by atoms with Gasteiger partial charge in [0.2, 0.25) is 0 Å². The average Bonchev–Trinajstić information content (AvgIpc) is 2.65. The molecular weight excluding hydrogens is 236 g/mol. The van der Waals surface area contributed by atoms with Crippen LogP contribution in [0.1, 0.15) is 0 Å². The molecule has 1 heterocycles. The van der Waals surface area contributed by atoms with E-state index < -0.39 is 8.07 Å². The summed E-state index contributed by atoms with van der Waals surface area (Å²) in [5.41, 5.74) is 3.04.